The van der Waals surface area contributed by atoms with Gasteiger partial charge in [0, 0.05) is 37.3 Å². The fourth-order valence-corrected chi connectivity index (χ4v) is 2.10. The summed E-state index contributed by atoms with van der Waals surface area (Å²) in [5.41, 5.74) is 0.793. The third kappa shape index (κ3) is 10.6. The molecule has 1 rings (SSSR count). The van der Waals surface area contributed by atoms with Crippen molar-refractivity contribution in [3.05, 3.63) is 35.4 Å². The first kappa shape index (κ1) is 24.0. The third-order valence-electron chi connectivity index (χ3n) is 2.75. The SMILES string of the molecule is O=C(NCCNC(=S)[S-])c1cccc(C(=O)NCCNC(=S)[S-])c1.[Zn+2]. The molecule has 0 saturated carbocycles. The molecule has 1 aromatic rings. The Morgan fingerprint density at radius 3 is 1.52 bits per heavy atom. The van der Waals surface area contributed by atoms with Crippen molar-refractivity contribution in [3.63, 3.8) is 0 Å². The molecule has 0 aliphatic carbocycles. The standard InChI is InChI=1S/C14H18N4O2S4.Zn/c19-11(15-4-6-17-13(21)22)9-2-1-3-10(8-9)12(20)16-5-7-18-14(23)24;/h1-3,8H,4-7H2,(H,15,19)(H,16,20)(H2,17,21,22)(H2,18,23,24);/q;+2/p-2. The Labute approximate surface area is 181 Å². The number of benzene rings is 1. The van der Waals surface area contributed by atoms with Gasteiger partial charge < -0.3 is 71.0 Å². The normalized spacial score (nSPS) is 9.28. The largest absolute Gasteiger partial charge is 2.00 e. The summed E-state index contributed by atoms with van der Waals surface area (Å²) in [5.74, 6) is -0.556. The van der Waals surface area contributed by atoms with Crippen molar-refractivity contribution in [1.82, 2.24) is 21.3 Å². The molecule has 0 radical (unpaired) electrons. The van der Waals surface area contributed by atoms with Crippen molar-refractivity contribution >= 4 is 70.1 Å². The molecular formula is C14H16N4O2S4Zn. The summed E-state index contributed by atoms with van der Waals surface area (Å²) in [7, 11) is 0. The Balaban J connectivity index is 0.00000576. The fraction of sp³-hybridized carbons (Fsp3) is 0.286. The number of carbonyl (C=O) groups excluding carboxylic acids is 2. The van der Waals surface area contributed by atoms with Gasteiger partial charge in [-0.05, 0) is 18.2 Å². The van der Waals surface area contributed by atoms with Gasteiger partial charge in [0.1, 0.15) is 0 Å². The van der Waals surface area contributed by atoms with E-state index >= 15 is 0 Å². The van der Waals surface area contributed by atoms with Gasteiger partial charge >= 0.3 is 19.5 Å². The zero-order valence-electron chi connectivity index (χ0n) is 13.3. The maximum absolute atomic E-state index is 12.0. The molecule has 4 N–H and O–H groups in total. The van der Waals surface area contributed by atoms with Gasteiger partial charge in [0.05, 0.1) is 0 Å². The molecule has 0 spiro atoms. The molecule has 0 heterocycles. The van der Waals surface area contributed by atoms with Gasteiger partial charge in [-0.1, -0.05) is 14.7 Å². The molecule has 0 bridgehead atoms. The Morgan fingerprint density at radius 2 is 1.16 bits per heavy atom. The van der Waals surface area contributed by atoms with Crippen LogP contribution in [0, 0.1) is 0 Å². The minimum absolute atomic E-state index is 0. The monoisotopic (exact) mass is 464 g/mol. The van der Waals surface area contributed by atoms with E-state index < -0.39 is 0 Å². The smallest absolute Gasteiger partial charge is 0.412 e. The molecule has 1 aromatic carbocycles. The Hall–Kier alpha value is -0.997. The maximum Gasteiger partial charge on any atom is 2.00 e. The summed E-state index contributed by atoms with van der Waals surface area (Å²) < 4.78 is 0.517. The maximum atomic E-state index is 12.0. The second-order valence-corrected chi connectivity index (χ2v) is 6.67. The van der Waals surface area contributed by atoms with Gasteiger partial charge in [-0.15, -0.1) is 0 Å². The van der Waals surface area contributed by atoms with Crippen LogP contribution in [0.4, 0.5) is 0 Å². The molecule has 130 valence electrons. The van der Waals surface area contributed by atoms with Gasteiger partial charge in [0.15, 0.2) is 0 Å². The van der Waals surface area contributed by atoms with Crippen LogP contribution in [0.2, 0.25) is 0 Å². The van der Waals surface area contributed by atoms with Crippen molar-refractivity contribution in [2.24, 2.45) is 0 Å². The fourth-order valence-electron chi connectivity index (χ4n) is 1.69. The quantitative estimate of drug-likeness (QED) is 0.185. The summed E-state index contributed by atoms with van der Waals surface area (Å²) >= 11 is 18.8. The van der Waals surface area contributed by atoms with E-state index in [2.05, 4.69) is 21.3 Å². The average Bonchev–Trinajstić information content (AvgIpc) is 2.55. The summed E-state index contributed by atoms with van der Waals surface area (Å²) in [5, 5.41) is 10.9. The summed E-state index contributed by atoms with van der Waals surface area (Å²) in [6.07, 6.45) is 0. The van der Waals surface area contributed by atoms with E-state index in [0.29, 0.717) is 37.3 Å². The van der Waals surface area contributed by atoms with Crippen LogP contribution in [-0.2, 0) is 44.7 Å². The zero-order chi connectivity index (χ0) is 17.9. The summed E-state index contributed by atoms with van der Waals surface area (Å²) in [6.45, 7) is 1.65. The van der Waals surface area contributed by atoms with E-state index in [0.717, 1.165) is 0 Å². The van der Waals surface area contributed by atoms with Crippen LogP contribution in [0.25, 0.3) is 0 Å². The van der Waals surface area contributed by atoms with Crippen LogP contribution in [0.15, 0.2) is 24.3 Å². The predicted octanol–water partition coefficient (Wildman–Crippen LogP) is -0.0135. The van der Waals surface area contributed by atoms with Gasteiger partial charge in [0.2, 0.25) is 0 Å². The van der Waals surface area contributed by atoms with Gasteiger partial charge in [-0.3, -0.25) is 9.59 Å². The minimum atomic E-state index is -0.278. The number of hydrogen-bond acceptors (Lipinski definition) is 6. The van der Waals surface area contributed by atoms with Crippen molar-refractivity contribution < 1.29 is 29.1 Å². The Morgan fingerprint density at radius 1 is 0.800 bits per heavy atom. The first-order chi connectivity index (χ1) is 11.4. The van der Waals surface area contributed by atoms with Crippen LogP contribution >= 0.6 is 24.4 Å². The van der Waals surface area contributed by atoms with Crippen molar-refractivity contribution in [2.45, 2.75) is 0 Å². The van der Waals surface area contributed by atoms with E-state index in [1.165, 1.54) is 6.07 Å². The van der Waals surface area contributed by atoms with E-state index in [9.17, 15) is 9.59 Å². The summed E-state index contributed by atoms with van der Waals surface area (Å²) in [6, 6.07) is 6.45. The Bertz CT molecular complexity index is 581. The van der Waals surface area contributed by atoms with E-state index in [4.69, 9.17) is 49.7 Å². The zero-order valence-corrected chi connectivity index (χ0v) is 19.5. The molecule has 0 fully saturated rings. The number of amides is 2. The third-order valence-corrected chi connectivity index (χ3v) is 3.32. The molecule has 0 aliphatic heterocycles. The molecular weight excluding hydrogens is 450 g/mol. The molecule has 11 heteroatoms. The first-order valence-corrected chi connectivity index (χ1v) is 8.59. The molecule has 6 nitrogen and oxygen atoms in total. The first-order valence-electron chi connectivity index (χ1n) is 6.96. The predicted molar refractivity (Wildman–Crippen MR) is 107 cm³/mol. The van der Waals surface area contributed by atoms with Gasteiger partial charge in [-0.25, -0.2) is 0 Å². The van der Waals surface area contributed by atoms with Crippen molar-refractivity contribution in [1.29, 1.82) is 0 Å². The second kappa shape index (κ2) is 13.2. The van der Waals surface area contributed by atoms with Crippen LogP contribution in [-0.4, -0.2) is 46.6 Å². The van der Waals surface area contributed by atoms with Crippen LogP contribution in [0.3, 0.4) is 0 Å². The molecule has 2 amide bonds. The van der Waals surface area contributed by atoms with Gasteiger partial charge in [-0.2, -0.15) is 0 Å². The number of thiocarbonyl (C=S) groups is 2. The van der Waals surface area contributed by atoms with E-state index in [1.807, 2.05) is 0 Å². The summed E-state index contributed by atoms with van der Waals surface area (Å²) in [4.78, 5) is 24.1. The Kier molecular flexibility index (Phi) is 12.7. The second-order valence-electron chi connectivity index (χ2n) is 4.52. The molecule has 0 aliphatic rings. The van der Waals surface area contributed by atoms with Crippen LogP contribution < -0.4 is 21.3 Å². The number of carbonyl (C=O) groups is 2. The van der Waals surface area contributed by atoms with Gasteiger partial charge in [0.25, 0.3) is 11.8 Å². The minimum Gasteiger partial charge on any atom is -0.412 e. The average molecular weight is 466 g/mol. The number of hydrogen-bond donors (Lipinski definition) is 4. The van der Waals surface area contributed by atoms with E-state index in [-0.39, 0.29) is 39.9 Å². The molecule has 0 unspecified atom stereocenters. The number of nitrogens with one attached hydrogen (secondary N) is 4. The molecule has 0 saturated heterocycles. The van der Waals surface area contributed by atoms with Crippen LogP contribution in [0.5, 0.6) is 0 Å². The molecule has 25 heavy (non-hydrogen) atoms. The molecule has 0 aromatic heterocycles. The number of rotatable bonds is 8. The van der Waals surface area contributed by atoms with Crippen molar-refractivity contribution in [2.75, 3.05) is 26.2 Å². The van der Waals surface area contributed by atoms with Crippen molar-refractivity contribution in [3.8, 4) is 0 Å². The van der Waals surface area contributed by atoms with E-state index in [1.54, 1.807) is 18.2 Å². The topological polar surface area (TPSA) is 82.3 Å². The molecule has 0 atom stereocenters. The van der Waals surface area contributed by atoms with Crippen LogP contribution in [0.1, 0.15) is 20.7 Å².